The van der Waals surface area contributed by atoms with Gasteiger partial charge in [-0.15, -0.1) is 0 Å². The summed E-state index contributed by atoms with van der Waals surface area (Å²) in [4.78, 5) is 4.19. The molecule has 1 fully saturated rings. The van der Waals surface area contributed by atoms with Gasteiger partial charge in [0.05, 0.1) is 13.2 Å². The van der Waals surface area contributed by atoms with E-state index in [4.69, 9.17) is 37.8 Å². The molecule has 1 saturated heterocycles. The first kappa shape index (κ1) is 16.7. The Morgan fingerprint density at radius 3 is 3.00 bits per heavy atom. The van der Waals surface area contributed by atoms with E-state index >= 15 is 0 Å². The molecule has 2 unspecified atom stereocenters. The molecule has 2 heterocycles. The normalized spacial score (nSPS) is 24.2. The van der Waals surface area contributed by atoms with Gasteiger partial charge < -0.3 is 14.6 Å². The standard InChI is InChI=1S/C15H17Cl2N3O3/c16-10-1-2-11(12(17)7-10)15(8-13-18-9-19-20-13)4-3-14(23-15)22-6-5-21/h1-2,7,9,14,21H,3-6,8H2,(H,18,19,20). The van der Waals surface area contributed by atoms with E-state index in [1.54, 1.807) is 12.1 Å². The molecule has 23 heavy (non-hydrogen) atoms. The van der Waals surface area contributed by atoms with Gasteiger partial charge in [0.25, 0.3) is 0 Å². The number of aromatic amines is 1. The Hall–Kier alpha value is -1.18. The van der Waals surface area contributed by atoms with Gasteiger partial charge in [0.2, 0.25) is 0 Å². The molecule has 0 saturated carbocycles. The maximum absolute atomic E-state index is 8.92. The van der Waals surface area contributed by atoms with Crippen molar-refractivity contribution < 1.29 is 14.6 Å². The van der Waals surface area contributed by atoms with Crippen LogP contribution in [-0.4, -0.2) is 39.8 Å². The monoisotopic (exact) mass is 357 g/mol. The van der Waals surface area contributed by atoms with E-state index in [0.29, 0.717) is 35.1 Å². The van der Waals surface area contributed by atoms with Crippen LogP contribution in [0.4, 0.5) is 0 Å². The molecule has 1 aromatic heterocycles. The Bertz CT molecular complexity index is 653. The minimum Gasteiger partial charge on any atom is -0.394 e. The van der Waals surface area contributed by atoms with Crippen LogP contribution in [0, 0.1) is 0 Å². The fourth-order valence-corrected chi connectivity index (χ4v) is 3.47. The molecule has 1 aliphatic heterocycles. The van der Waals surface area contributed by atoms with E-state index in [-0.39, 0.29) is 13.2 Å². The summed E-state index contributed by atoms with van der Waals surface area (Å²) in [5.41, 5.74) is 0.177. The number of aromatic nitrogens is 3. The minimum absolute atomic E-state index is 0.0450. The molecule has 3 rings (SSSR count). The van der Waals surface area contributed by atoms with E-state index in [9.17, 15) is 0 Å². The SMILES string of the molecule is OCCOC1CCC(Cc2ncn[nH]2)(c2ccc(Cl)cc2Cl)O1. The van der Waals surface area contributed by atoms with Crippen molar-refractivity contribution in [1.29, 1.82) is 0 Å². The van der Waals surface area contributed by atoms with Crippen LogP contribution < -0.4 is 0 Å². The first-order chi connectivity index (χ1) is 11.1. The highest BCUT2D eigenvalue weighted by Gasteiger charge is 2.44. The summed E-state index contributed by atoms with van der Waals surface area (Å²) in [5.74, 6) is 0.707. The van der Waals surface area contributed by atoms with E-state index in [1.165, 1.54) is 6.33 Å². The van der Waals surface area contributed by atoms with Gasteiger partial charge in [0.1, 0.15) is 17.8 Å². The van der Waals surface area contributed by atoms with Crippen molar-refractivity contribution in [2.24, 2.45) is 0 Å². The number of hydrogen-bond acceptors (Lipinski definition) is 5. The van der Waals surface area contributed by atoms with Gasteiger partial charge in [0, 0.05) is 28.5 Å². The highest BCUT2D eigenvalue weighted by Crippen LogP contribution is 2.45. The van der Waals surface area contributed by atoms with Gasteiger partial charge in [0.15, 0.2) is 6.29 Å². The third-order valence-corrected chi connectivity index (χ3v) is 4.42. The van der Waals surface area contributed by atoms with Crippen LogP contribution in [0.1, 0.15) is 24.2 Å². The van der Waals surface area contributed by atoms with Crippen LogP contribution in [0.3, 0.4) is 0 Å². The number of rotatable bonds is 6. The summed E-state index contributed by atoms with van der Waals surface area (Å²) in [6.45, 7) is 0.189. The van der Waals surface area contributed by atoms with Crippen molar-refractivity contribution in [2.75, 3.05) is 13.2 Å². The maximum atomic E-state index is 8.92. The Morgan fingerprint density at radius 2 is 2.30 bits per heavy atom. The van der Waals surface area contributed by atoms with Crippen molar-refractivity contribution in [3.8, 4) is 0 Å². The van der Waals surface area contributed by atoms with Crippen LogP contribution in [0.15, 0.2) is 24.5 Å². The van der Waals surface area contributed by atoms with E-state index in [0.717, 1.165) is 5.56 Å². The van der Waals surface area contributed by atoms with Gasteiger partial charge in [-0.1, -0.05) is 29.3 Å². The topological polar surface area (TPSA) is 80.3 Å². The summed E-state index contributed by atoms with van der Waals surface area (Å²) < 4.78 is 11.7. The minimum atomic E-state index is -0.665. The molecule has 2 N–H and O–H groups in total. The Balaban J connectivity index is 1.91. The zero-order valence-corrected chi connectivity index (χ0v) is 13.8. The summed E-state index contributed by atoms with van der Waals surface area (Å²) in [6.07, 6.45) is 2.98. The van der Waals surface area contributed by atoms with E-state index in [2.05, 4.69) is 15.2 Å². The Morgan fingerprint density at radius 1 is 1.43 bits per heavy atom. The number of hydrogen-bond donors (Lipinski definition) is 2. The lowest BCUT2D eigenvalue weighted by Crippen LogP contribution is -2.31. The fraction of sp³-hybridized carbons (Fsp3) is 0.467. The number of benzene rings is 1. The molecule has 1 aliphatic rings. The molecule has 2 aromatic rings. The van der Waals surface area contributed by atoms with Crippen LogP contribution >= 0.6 is 23.2 Å². The molecule has 0 aliphatic carbocycles. The highest BCUT2D eigenvalue weighted by molar-refractivity contribution is 6.35. The summed E-state index contributed by atoms with van der Waals surface area (Å²) >= 11 is 12.4. The average molecular weight is 358 g/mol. The quantitative estimate of drug-likeness (QED) is 0.830. The maximum Gasteiger partial charge on any atom is 0.159 e. The van der Waals surface area contributed by atoms with E-state index < -0.39 is 11.9 Å². The zero-order chi connectivity index (χ0) is 16.3. The van der Waals surface area contributed by atoms with Crippen LogP contribution in [-0.2, 0) is 21.5 Å². The first-order valence-corrected chi connectivity index (χ1v) is 8.08. The number of ether oxygens (including phenoxy) is 2. The molecule has 124 valence electrons. The third kappa shape index (κ3) is 3.67. The van der Waals surface area contributed by atoms with Crippen LogP contribution in [0.5, 0.6) is 0 Å². The van der Waals surface area contributed by atoms with Crippen molar-refractivity contribution in [1.82, 2.24) is 15.2 Å². The largest absolute Gasteiger partial charge is 0.394 e. The molecule has 0 spiro atoms. The average Bonchev–Trinajstić information content (AvgIpc) is 3.16. The number of H-pyrrole nitrogens is 1. The van der Waals surface area contributed by atoms with Gasteiger partial charge in [-0.05, 0) is 18.6 Å². The number of nitrogens with zero attached hydrogens (tertiary/aromatic N) is 2. The lowest BCUT2D eigenvalue weighted by molar-refractivity contribution is -0.175. The lowest BCUT2D eigenvalue weighted by atomic mass is 9.87. The molecule has 8 heteroatoms. The molecular formula is C15H17Cl2N3O3. The first-order valence-electron chi connectivity index (χ1n) is 7.33. The zero-order valence-electron chi connectivity index (χ0n) is 12.3. The van der Waals surface area contributed by atoms with Gasteiger partial charge in [-0.25, -0.2) is 4.98 Å². The predicted octanol–water partition coefficient (Wildman–Crippen LogP) is 2.69. The molecule has 0 amide bonds. The molecule has 0 radical (unpaired) electrons. The van der Waals surface area contributed by atoms with Crippen LogP contribution in [0.2, 0.25) is 10.0 Å². The molecule has 1 aromatic carbocycles. The summed E-state index contributed by atoms with van der Waals surface area (Å²) in [5, 5.41) is 16.8. The summed E-state index contributed by atoms with van der Waals surface area (Å²) in [6, 6.07) is 5.36. The van der Waals surface area contributed by atoms with Gasteiger partial charge in [-0.3, -0.25) is 5.10 Å². The smallest absolute Gasteiger partial charge is 0.159 e. The number of aliphatic hydroxyl groups is 1. The van der Waals surface area contributed by atoms with Crippen molar-refractivity contribution in [2.45, 2.75) is 31.2 Å². The van der Waals surface area contributed by atoms with Crippen LogP contribution in [0.25, 0.3) is 0 Å². The van der Waals surface area contributed by atoms with Crippen molar-refractivity contribution >= 4 is 23.2 Å². The number of halogens is 2. The third-order valence-electron chi connectivity index (χ3n) is 3.88. The van der Waals surface area contributed by atoms with Gasteiger partial charge in [-0.2, -0.15) is 5.10 Å². The van der Waals surface area contributed by atoms with Gasteiger partial charge >= 0.3 is 0 Å². The fourth-order valence-electron chi connectivity index (χ4n) is 2.89. The Kier molecular flexibility index (Phi) is 5.18. The second-order valence-corrected chi connectivity index (χ2v) is 6.25. The molecule has 2 atom stereocenters. The molecule has 0 bridgehead atoms. The second-order valence-electron chi connectivity index (χ2n) is 5.41. The number of nitrogens with one attached hydrogen (secondary N) is 1. The van der Waals surface area contributed by atoms with Crippen molar-refractivity contribution in [3.05, 3.63) is 46.0 Å². The molecule has 6 nitrogen and oxygen atoms in total. The predicted molar refractivity (Wildman–Crippen MR) is 85.4 cm³/mol. The Labute approximate surface area is 143 Å². The lowest BCUT2D eigenvalue weighted by Gasteiger charge is -2.30. The highest BCUT2D eigenvalue weighted by atomic mass is 35.5. The molecular weight excluding hydrogens is 341 g/mol. The number of aliphatic hydroxyl groups excluding tert-OH is 1. The summed E-state index contributed by atoms with van der Waals surface area (Å²) in [7, 11) is 0. The van der Waals surface area contributed by atoms with Crippen molar-refractivity contribution in [3.63, 3.8) is 0 Å². The second kappa shape index (κ2) is 7.15. The van der Waals surface area contributed by atoms with E-state index in [1.807, 2.05) is 6.07 Å².